The maximum atomic E-state index is 5.72. The van der Waals surface area contributed by atoms with Gasteiger partial charge in [-0.15, -0.1) is 0 Å². The van der Waals surface area contributed by atoms with Gasteiger partial charge in [-0.2, -0.15) is 0 Å². The molecule has 12 heavy (non-hydrogen) atoms. The van der Waals surface area contributed by atoms with Crippen molar-refractivity contribution >= 4 is 8.32 Å². The van der Waals surface area contributed by atoms with E-state index in [2.05, 4.69) is 39.1 Å². The van der Waals surface area contributed by atoms with Crippen molar-refractivity contribution in [2.24, 2.45) is 0 Å². The van der Waals surface area contributed by atoms with Crippen LogP contribution in [0.25, 0.3) is 0 Å². The Morgan fingerprint density at radius 2 is 2.00 bits per heavy atom. The van der Waals surface area contributed by atoms with Crippen LogP contribution >= 0.6 is 0 Å². The molecule has 0 saturated heterocycles. The highest BCUT2D eigenvalue weighted by atomic mass is 28.4. The lowest BCUT2D eigenvalue weighted by atomic mass is 10.3. The summed E-state index contributed by atoms with van der Waals surface area (Å²) in [6.07, 6.45) is 6.84. The van der Waals surface area contributed by atoms with Crippen molar-refractivity contribution in [1.29, 1.82) is 0 Å². The van der Waals surface area contributed by atoms with Crippen LogP contribution in [0.15, 0.2) is 12.2 Å². The van der Waals surface area contributed by atoms with Crippen LogP contribution in [0, 0.1) is 0 Å². The zero-order valence-corrected chi connectivity index (χ0v) is 9.89. The molecule has 1 nitrogen and oxygen atoms in total. The fourth-order valence-corrected chi connectivity index (χ4v) is 3.26. The second kappa shape index (κ2) is 6.43. The Balaban J connectivity index is 3.46. The topological polar surface area (TPSA) is 9.23 Å². The smallest absolute Gasteiger partial charge is 0.186 e. The van der Waals surface area contributed by atoms with Crippen LogP contribution in [0.4, 0.5) is 0 Å². The Hall–Kier alpha value is -0.0831. The SMILES string of the molecule is CC=CCCC[Si](C)(C)OCC. The number of hydrogen-bond acceptors (Lipinski definition) is 1. The van der Waals surface area contributed by atoms with E-state index in [4.69, 9.17) is 4.43 Å². The highest BCUT2D eigenvalue weighted by Gasteiger charge is 2.20. The summed E-state index contributed by atoms with van der Waals surface area (Å²) in [6.45, 7) is 9.63. The summed E-state index contributed by atoms with van der Waals surface area (Å²) < 4.78 is 5.72. The van der Waals surface area contributed by atoms with Crippen LogP contribution in [-0.2, 0) is 4.43 Å². The van der Waals surface area contributed by atoms with Crippen LogP contribution in [-0.4, -0.2) is 14.9 Å². The summed E-state index contributed by atoms with van der Waals surface area (Å²) in [6, 6.07) is 1.28. The lowest BCUT2D eigenvalue weighted by Gasteiger charge is -2.21. The van der Waals surface area contributed by atoms with Crippen molar-refractivity contribution in [3.05, 3.63) is 12.2 Å². The first-order valence-corrected chi connectivity index (χ1v) is 7.99. The molecule has 72 valence electrons. The van der Waals surface area contributed by atoms with E-state index in [1.54, 1.807) is 0 Å². The van der Waals surface area contributed by atoms with Crippen molar-refractivity contribution in [1.82, 2.24) is 0 Å². The van der Waals surface area contributed by atoms with Gasteiger partial charge in [0.05, 0.1) is 0 Å². The van der Waals surface area contributed by atoms with E-state index in [0.717, 1.165) is 6.61 Å². The van der Waals surface area contributed by atoms with Crippen molar-refractivity contribution in [3.8, 4) is 0 Å². The zero-order valence-electron chi connectivity index (χ0n) is 8.89. The molecule has 0 rings (SSSR count). The Labute approximate surface area is 78.0 Å². The summed E-state index contributed by atoms with van der Waals surface area (Å²) in [5.74, 6) is 0. The first-order chi connectivity index (χ1) is 5.62. The van der Waals surface area contributed by atoms with Crippen LogP contribution in [0.1, 0.15) is 26.7 Å². The summed E-state index contributed by atoms with van der Waals surface area (Å²) in [7, 11) is -1.29. The van der Waals surface area contributed by atoms with E-state index >= 15 is 0 Å². The minimum atomic E-state index is -1.29. The lowest BCUT2D eigenvalue weighted by Crippen LogP contribution is -2.29. The predicted octanol–water partition coefficient (Wildman–Crippen LogP) is 3.58. The number of unbranched alkanes of at least 4 members (excludes halogenated alkanes) is 1. The molecule has 0 aliphatic heterocycles. The molecule has 0 aromatic carbocycles. The summed E-state index contributed by atoms with van der Waals surface area (Å²) in [5.41, 5.74) is 0. The van der Waals surface area contributed by atoms with Crippen molar-refractivity contribution in [2.45, 2.75) is 45.8 Å². The molecule has 0 amide bonds. The first kappa shape index (κ1) is 11.9. The van der Waals surface area contributed by atoms with Crippen molar-refractivity contribution in [3.63, 3.8) is 0 Å². The van der Waals surface area contributed by atoms with Crippen LogP contribution < -0.4 is 0 Å². The van der Waals surface area contributed by atoms with Crippen LogP contribution in [0.5, 0.6) is 0 Å². The molecule has 0 atom stereocenters. The molecular weight excluding hydrogens is 164 g/mol. The van der Waals surface area contributed by atoms with Crippen LogP contribution in [0.2, 0.25) is 19.1 Å². The molecule has 2 heteroatoms. The summed E-state index contributed by atoms with van der Waals surface area (Å²) in [4.78, 5) is 0. The van der Waals surface area contributed by atoms with Gasteiger partial charge in [-0.3, -0.25) is 0 Å². The van der Waals surface area contributed by atoms with E-state index in [9.17, 15) is 0 Å². The van der Waals surface area contributed by atoms with Gasteiger partial charge in [-0.05, 0) is 39.4 Å². The Morgan fingerprint density at radius 1 is 1.33 bits per heavy atom. The first-order valence-electron chi connectivity index (χ1n) is 4.87. The fraction of sp³-hybridized carbons (Fsp3) is 0.800. The molecule has 0 aliphatic rings. The third-order valence-electron chi connectivity index (χ3n) is 1.92. The van der Waals surface area contributed by atoms with E-state index in [0.29, 0.717) is 0 Å². The van der Waals surface area contributed by atoms with Gasteiger partial charge < -0.3 is 4.43 Å². The number of allylic oxidation sites excluding steroid dienone is 2. The van der Waals surface area contributed by atoms with Gasteiger partial charge in [0.15, 0.2) is 8.32 Å². The number of hydrogen-bond donors (Lipinski definition) is 0. The van der Waals surface area contributed by atoms with Gasteiger partial charge in [-0.1, -0.05) is 18.6 Å². The molecule has 0 radical (unpaired) electrons. The van der Waals surface area contributed by atoms with E-state index < -0.39 is 8.32 Å². The van der Waals surface area contributed by atoms with Gasteiger partial charge in [0.1, 0.15) is 0 Å². The average molecular weight is 186 g/mol. The second-order valence-electron chi connectivity index (χ2n) is 3.65. The molecule has 0 N–H and O–H groups in total. The normalized spacial score (nSPS) is 12.7. The van der Waals surface area contributed by atoms with E-state index in [1.165, 1.54) is 18.9 Å². The fourth-order valence-electron chi connectivity index (χ4n) is 1.28. The lowest BCUT2D eigenvalue weighted by molar-refractivity contribution is 0.328. The Bertz CT molecular complexity index is 130. The molecule has 0 bridgehead atoms. The highest BCUT2D eigenvalue weighted by molar-refractivity contribution is 6.71. The van der Waals surface area contributed by atoms with Gasteiger partial charge in [0.2, 0.25) is 0 Å². The quantitative estimate of drug-likeness (QED) is 0.350. The monoisotopic (exact) mass is 186 g/mol. The largest absolute Gasteiger partial charge is 0.418 e. The molecule has 0 spiro atoms. The molecule has 0 saturated carbocycles. The molecule has 0 aromatic rings. The molecule has 0 unspecified atom stereocenters. The van der Waals surface area contributed by atoms with Gasteiger partial charge in [-0.25, -0.2) is 0 Å². The molecule has 0 fully saturated rings. The predicted molar refractivity (Wildman–Crippen MR) is 58.0 cm³/mol. The molecule has 0 heterocycles. The minimum absolute atomic E-state index is 0.878. The Kier molecular flexibility index (Phi) is 6.39. The van der Waals surface area contributed by atoms with E-state index in [-0.39, 0.29) is 0 Å². The number of rotatable bonds is 6. The third kappa shape index (κ3) is 6.62. The highest BCUT2D eigenvalue weighted by Crippen LogP contribution is 2.14. The maximum Gasteiger partial charge on any atom is 0.186 e. The van der Waals surface area contributed by atoms with Gasteiger partial charge in [0.25, 0.3) is 0 Å². The Morgan fingerprint density at radius 3 is 2.50 bits per heavy atom. The molecule has 0 aliphatic carbocycles. The second-order valence-corrected chi connectivity index (χ2v) is 7.96. The van der Waals surface area contributed by atoms with Gasteiger partial charge in [0, 0.05) is 6.61 Å². The third-order valence-corrected chi connectivity index (χ3v) is 4.55. The van der Waals surface area contributed by atoms with E-state index in [1.807, 2.05) is 0 Å². The molecular formula is C10H22OSi. The zero-order chi connectivity index (χ0) is 9.45. The average Bonchev–Trinajstić information content (AvgIpc) is 1.98. The summed E-state index contributed by atoms with van der Waals surface area (Å²) in [5, 5.41) is 0. The molecule has 0 aromatic heterocycles. The van der Waals surface area contributed by atoms with Crippen molar-refractivity contribution in [2.75, 3.05) is 6.61 Å². The summed E-state index contributed by atoms with van der Waals surface area (Å²) >= 11 is 0. The maximum absolute atomic E-state index is 5.72. The minimum Gasteiger partial charge on any atom is -0.418 e. The van der Waals surface area contributed by atoms with Gasteiger partial charge >= 0.3 is 0 Å². The van der Waals surface area contributed by atoms with Crippen LogP contribution in [0.3, 0.4) is 0 Å². The standard InChI is InChI=1S/C10H22OSi/c1-5-7-8-9-10-12(3,4)11-6-2/h5,7H,6,8-10H2,1-4H3. The van der Waals surface area contributed by atoms with Crippen molar-refractivity contribution < 1.29 is 4.43 Å².